The summed E-state index contributed by atoms with van der Waals surface area (Å²) in [5.41, 5.74) is 2.44. The summed E-state index contributed by atoms with van der Waals surface area (Å²) in [6.45, 7) is 5.53. The molecule has 0 bridgehead atoms. The minimum Gasteiger partial charge on any atom is -0.443 e. The number of fused-ring (bicyclic) bond motifs is 1. The van der Waals surface area contributed by atoms with Gasteiger partial charge in [0, 0.05) is 18.7 Å². The molecule has 1 aromatic carbocycles. The van der Waals surface area contributed by atoms with Crippen LogP contribution in [-0.2, 0) is 6.54 Å². The second kappa shape index (κ2) is 7.46. The van der Waals surface area contributed by atoms with Gasteiger partial charge in [0.15, 0.2) is 5.69 Å². The van der Waals surface area contributed by atoms with Gasteiger partial charge in [-0.15, -0.1) is 0 Å². The Morgan fingerprint density at radius 2 is 2.11 bits per heavy atom. The van der Waals surface area contributed by atoms with Crippen LogP contribution in [0.25, 0.3) is 11.0 Å². The maximum absolute atomic E-state index is 12.7. The Labute approximate surface area is 162 Å². The predicted octanol–water partition coefficient (Wildman–Crippen LogP) is 2.66. The number of piperidine rings is 1. The number of carbonyl (C=O) groups is 2. The number of carbonyl (C=O) groups excluding carboxylic acids is 2. The molecule has 1 aliphatic heterocycles. The van der Waals surface area contributed by atoms with Crippen molar-refractivity contribution in [1.29, 1.82) is 0 Å². The molecule has 1 fully saturated rings. The molecule has 0 saturated carbocycles. The van der Waals surface area contributed by atoms with E-state index in [1.165, 1.54) is 0 Å². The van der Waals surface area contributed by atoms with E-state index >= 15 is 0 Å². The Morgan fingerprint density at radius 1 is 1.32 bits per heavy atom. The Hall–Kier alpha value is -3.16. The minimum atomic E-state index is -0.245. The normalized spacial score (nSPS) is 15.1. The first-order chi connectivity index (χ1) is 13.5. The van der Waals surface area contributed by atoms with Gasteiger partial charge in [-0.3, -0.25) is 9.59 Å². The zero-order valence-electron chi connectivity index (χ0n) is 16.0. The molecule has 2 aromatic heterocycles. The van der Waals surface area contributed by atoms with Crippen LogP contribution >= 0.6 is 0 Å². The van der Waals surface area contributed by atoms with Crippen molar-refractivity contribution in [3.8, 4) is 0 Å². The molecule has 3 aromatic rings. The van der Waals surface area contributed by atoms with E-state index in [1.807, 2.05) is 4.90 Å². The van der Waals surface area contributed by atoms with Gasteiger partial charge in [0.2, 0.25) is 5.89 Å². The lowest BCUT2D eigenvalue weighted by atomic mass is 9.99. The van der Waals surface area contributed by atoms with Crippen molar-refractivity contribution in [2.45, 2.75) is 33.2 Å². The van der Waals surface area contributed by atoms with Crippen LogP contribution < -0.4 is 5.32 Å². The fourth-order valence-corrected chi connectivity index (χ4v) is 3.42. The molecule has 146 valence electrons. The molecule has 0 radical (unpaired) electrons. The molecular weight excluding hydrogens is 358 g/mol. The maximum atomic E-state index is 12.7. The average Bonchev–Trinajstić information content (AvgIpc) is 3.31. The van der Waals surface area contributed by atoms with Crippen LogP contribution in [0.1, 0.15) is 52.3 Å². The molecule has 0 atom stereocenters. The second-order valence-electron chi connectivity index (χ2n) is 7.30. The highest BCUT2D eigenvalue weighted by Gasteiger charge is 2.26. The number of amides is 2. The van der Waals surface area contributed by atoms with Gasteiger partial charge >= 0.3 is 0 Å². The number of oxazole rings is 1. The van der Waals surface area contributed by atoms with Crippen molar-refractivity contribution < 1.29 is 14.0 Å². The van der Waals surface area contributed by atoms with Crippen molar-refractivity contribution >= 4 is 22.8 Å². The van der Waals surface area contributed by atoms with E-state index < -0.39 is 0 Å². The lowest BCUT2D eigenvalue weighted by Gasteiger charge is -2.29. The highest BCUT2D eigenvalue weighted by molar-refractivity contribution is 5.97. The molecule has 2 N–H and O–H groups in total. The number of hydrogen-bond acceptors (Lipinski definition) is 5. The molecule has 8 nitrogen and oxygen atoms in total. The van der Waals surface area contributed by atoms with Crippen molar-refractivity contribution in [3.63, 3.8) is 0 Å². The van der Waals surface area contributed by atoms with E-state index in [0.717, 1.165) is 37.0 Å². The van der Waals surface area contributed by atoms with Crippen molar-refractivity contribution in [2.75, 3.05) is 13.1 Å². The third-order valence-corrected chi connectivity index (χ3v) is 5.20. The number of hydrogen-bond donors (Lipinski definition) is 2. The van der Waals surface area contributed by atoms with E-state index in [9.17, 15) is 9.59 Å². The molecule has 0 spiro atoms. The minimum absolute atomic E-state index is 0.101. The van der Waals surface area contributed by atoms with E-state index in [1.54, 1.807) is 31.5 Å². The van der Waals surface area contributed by atoms with Gasteiger partial charge in [0.05, 0.1) is 23.9 Å². The Bertz CT molecular complexity index is 1010. The first kappa shape index (κ1) is 18.2. The molecule has 8 heteroatoms. The van der Waals surface area contributed by atoms with Crippen LogP contribution in [0, 0.1) is 12.8 Å². The fraction of sp³-hybridized carbons (Fsp3) is 0.400. The third-order valence-electron chi connectivity index (χ3n) is 5.20. The van der Waals surface area contributed by atoms with Crippen LogP contribution in [0.15, 0.2) is 28.9 Å². The average molecular weight is 381 g/mol. The van der Waals surface area contributed by atoms with Gasteiger partial charge in [0.25, 0.3) is 11.8 Å². The van der Waals surface area contributed by atoms with Gasteiger partial charge in [0.1, 0.15) is 5.76 Å². The lowest BCUT2D eigenvalue weighted by molar-refractivity contribution is 0.0690. The SMILES string of the molecule is Cc1oc(CNC(=O)c2ccc3nc[nH]c3c2)nc1C(=O)N1CCC(C)CC1. The molecule has 2 amide bonds. The van der Waals surface area contributed by atoms with Gasteiger partial charge < -0.3 is 19.6 Å². The van der Waals surface area contributed by atoms with E-state index in [0.29, 0.717) is 28.8 Å². The summed E-state index contributed by atoms with van der Waals surface area (Å²) in [6.07, 6.45) is 3.60. The number of nitrogens with zero attached hydrogens (tertiary/aromatic N) is 3. The zero-order chi connectivity index (χ0) is 19.7. The van der Waals surface area contributed by atoms with Crippen LogP contribution in [0.2, 0.25) is 0 Å². The Kier molecular flexibility index (Phi) is 4.85. The largest absolute Gasteiger partial charge is 0.443 e. The van der Waals surface area contributed by atoms with Crippen molar-refractivity contribution in [1.82, 2.24) is 25.2 Å². The summed E-state index contributed by atoms with van der Waals surface area (Å²) in [7, 11) is 0. The number of nitrogens with one attached hydrogen (secondary N) is 2. The maximum Gasteiger partial charge on any atom is 0.276 e. The third kappa shape index (κ3) is 3.62. The smallest absolute Gasteiger partial charge is 0.276 e. The number of imidazole rings is 1. The molecule has 1 saturated heterocycles. The molecule has 4 rings (SSSR count). The van der Waals surface area contributed by atoms with Gasteiger partial charge in [-0.1, -0.05) is 6.92 Å². The molecule has 3 heterocycles. The first-order valence-corrected chi connectivity index (χ1v) is 9.48. The van der Waals surface area contributed by atoms with Gasteiger partial charge in [-0.05, 0) is 43.9 Å². The summed E-state index contributed by atoms with van der Waals surface area (Å²) in [5, 5.41) is 2.78. The van der Waals surface area contributed by atoms with Crippen LogP contribution in [-0.4, -0.2) is 44.8 Å². The topological polar surface area (TPSA) is 104 Å². The molecule has 28 heavy (non-hydrogen) atoms. The highest BCUT2D eigenvalue weighted by Crippen LogP contribution is 2.20. The number of rotatable bonds is 4. The van der Waals surface area contributed by atoms with E-state index in [2.05, 4.69) is 27.2 Å². The lowest BCUT2D eigenvalue weighted by Crippen LogP contribution is -2.38. The van der Waals surface area contributed by atoms with Gasteiger partial charge in [-0.25, -0.2) is 9.97 Å². The number of H-pyrrole nitrogens is 1. The quantitative estimate of drug-likeness (QED) is 0.723. The van der Waals surface area contributed by atoms with Crippen molar-refractivity contribution in [2.24, 2.45) is 5.92 Å². The van der Waals surface area contributed by atoms with E-state index in [4.69, 9.17) is 4.42 Å². The summed E-state index contributed by atoms with van der Waals surface area (Å²) in [6, 6.07) is 5.24. The number of aryl methyl sites for hydroxylation is 1. The monoisotopic (exact) mass is 381 g/mol. The summed E-state index contributed by atoms with van der Waals surface area (Å²) in [4.78, 5) is 38.4. The molecule has 1 aliphatic rings. The summed E-state index contributed by atoms with van der Waals surface area (Å²) in [5.74, 6) is 1.10. The Morgan fingerprint density at radius 3 is 2.89 bits per heavy atom. The molecule has 0 aliphatic carbocycles. The standard InChI is InChI=1S/C20H23N5O3/c1-12-5-7-25(8-6-12)20(27)18-13(2)28-17(24-18)10-21-19(26)14-3-4-15-16(9-14)23-11-22-15/h3-4,9,11-12H,5-8,10H2,1-2H3,(H,21,26)(H,22,23). The predicted molar refractivity (Wildman–Crippen MR) is 103 cm³/mol. The summed E-state index contributed by atoms with van der Waals surface area (Å²) >= 11 is 0. The fourth-order valence-electron chi connectivity index (χ4n) is 3.42. The van der Waals surface area contributed by atoms with Crippen LogP contribution in [0.4, 0.5) is 0 Å². The first-order valence-electron chi connectivity index (χ1n) is 9.48. The highest BCUT2D eigenvalue weighted by atomic mass is 16.4. The van der Waals surface area contributed by atoms with Crippen LogP contribution in [0.3, 0.4) is 0 Å². The van der Waals surface area contributed by atoms with Crippen LogP contribution in [0.5, 0.6) is 0 Å². The second-order valence-corrected chi connectivity index (χ2v) is 7.30. The van der Waals surface area contributed by atoms with Crippen molar-refractivity contribution in [3.05, 3.63) is 47.4 Å². The van der Waals surface area contributed by atoms with Gasteiger partial charge in [-0.2, -0.15) is 0 Å². The summed E-state index contributed by atoms with van der Waals surface area (Å²) < 4.78 is 5.60. The Balaban J connectivity index is 1.40. The number of benzene rings is 1. The zero-order valence-corrected chi connectivity index (χ0v) is 16.0. The van der Waals surface area contributed by atoms with E-state index in [-0.39, 0.29) is 18.4 Å². The number of likely N-dealkylation sites (tertiary alicyclic amines) is 1. The molecule has 0 unspecified atom stereocenters. The molecular formula is C20H23N5O3. The number of aromatic nitrogens is 3. The number of aromatic amines is 1.